The van der Waals surface area contributed by atoms with Gasteiger partial charge in [0.1, 0.15) is 0 Å². The fourth-order valence-corrected chi connectivity index (χ4v) is 3.91. The maximum Gasteiger partial charge on any atom is 0.248 e. The lowest BCUT2D eigenvalue weighted by Gasteiger charge is -2.33. The fraction of sp³-hybridized carbons (Fsp3) is 0.474. The van der Waals surface area contributed by atoms with Gasteiger partial charge in [-0.3, -0.25) is 14.5 Å². The van der Waals surface area contributed by atoms with Crippen molar-refractivity contribution in [2.75, 3.05) is 37.7 Å². The highest BCUT2D eigenvalue weighted by Crippen LogP contribution is 2.30. The van der Waals surface area contributed by atoms with Crippen LogP contribution in [-0.2, 0) is 9.53 Å². The van der Waals surface area contributed by atoms with Crippen LogP contribution in [0.5, 0.6) is 0 Å². The van der Waals surface area contributed by atoms with Crippen molar-refractivity contribution in [3.05, 3.63) is 40.2 Å². The number of amides is 1. The number of fused-ring (bicyclic) bond motifs is 1. The Morgan fingerprint density at radius 3 is 2.80 bits per heavy atom. The van der Waals surface area contributed by atoms with Gasteiger partial charge in [0.15, 0.2) is 0 Å². The summed E-state index contributed by atoms with van der Waals surface area (Å²) in [6, 6.07) is 7.66. The Kier molecular flexibility index (Phi) is 4.31. The molecule has 6 heteroatoms. The number of anilines is 1. The first-order chi connectivity index (χ1) is 12.1. The number of hydrogen-bond acceptors (Lipinski definition) is 4. The van der Waals surface area contributed by atoms with Crippen LogP contribution < -0.4 is 10.5 Å². The molecule has 1 N–H and O–H groups in total. The van der Waals surface area contributed by atoms with E-state index in [0.29, 0.717) is 6.42 Å². The molecule has 1 unspecified atom stereocenters. The van der Waals surface area contributed by atoms with Gasteiger partial charge in [-0.2, -0.15) is 0 Å². The molecule has 6 nitrogen and oxygen atoms in total. The van der Waals surface area contributed by atoms with Crippen LogP contribution in [0.15, 0.2) is 29.1 Å². The van der Waals surface area contributed by atoms with Crippen LogP contribution in [0.1, 0.15) is 18.4 Å². The molecule has 2 aliphatic rings. The van der Waals surface area contributed by atoms with Gasteiger partial charge >= 0.3 is 0 Å². The number of aromatic amines is 1. The molecule has 2 fully saturated rings. The molecule has 4 rings (SSSR count). The van der Waals surface area contributed by atoms with E-state index in [4.69, 9.17) is 4.74 Å². The number of nitrogens with one attached hydrogen (secondary N) is 1. The molecule has 0 spiro atoms. The summed E-state index contributed by atoms with van der Waals surface area (Å²) in [5.74, 6) is 0.180. The third kappa shape index (κ3) is 3.19. The fourth-order valence-electron chi connectivity index (χ4n) is 3.91. The Hall–Kier alpha value is -2.18. The molecule has 1 atom stereocenters. The lowest BCUT2D eigenvalue weighted by molar-refractivity contribution is -0.117. The van der Waals surface area contributed by atoms with Crippen LogP contribution in [0.25, 0.3) is 10.9 Å². The Morgan fingerprint density at radius 2 is 2.00 bits per heavy atom. The van der Waals surface area contributed by atoms with Crippen LogP contribution in [0.3, 0.4) is 0 Å². The lowest BCUT2D eigenvalue weighted by atomic mass is 10.1. The number of H-pyrrole nitrogens is 1. The van der Waals surface area contributed by atoms with Gasteiger partial charge in [-0.05, 0) is 37.1 Å². The standard InChI is InChI=1S/C19H23N3O3/c1-13-10-18(23)20-17-4-2-14(11-16(13)17)22-15(3-5-19(22)24)12-21-6-8-25-9-7-21/h2,4,10-11,15H,3,5-9,12H2,1H3,(H,20,23). The minimum atomic E-state index is -0.0970. The second kappa shape index (κ2) is 6.61. The number of nitrogens with zero attached hydrogens (tertiary/aromatic N) is 2. The molecule has 2 aliphatic heterocycles. The van der Waals surface area contributed by atoms with Crippen LogP contribution in [-0.4, -0.2) is 54.7 Å². The van der Waals surface area contributed by atoms with Crippen molar-refractivity contribution in [1.29, 1.82) is 0 Å². The largest absolute Gasteiger partial charge is 0.379 e. The van der Waals surface area contributed by atoms with E-state index in [2.05, 4.69) is 9.88 Å². The average Bonchev–Trinajstić information content (AvgIpc) is 2.96. The van der Waals surface area contributed by atoms with Crippen LogP contribution in [0, 0.1) is 6.92 Å². The minimum Gasteiger partial charge on any atom is -0.379 e. The summed E-state index contributed by atoms with van der Waals surface area (Å²) < 4.78 is 5.42. The number of aryl methyl sites for hydroxylation is 1. The maximum atomic E-state index is 12.5. The number of benzene rings is 1. The van der Waals surface area contributed by atoms with Gasteiger partial charge in [0.05, 0.1) is 19.3 Å². The van der Waals surface area contributed by atoms with Gasteiger partial charge in [0.2, 0.25) is 11.5 Å². The maximum absolute atomic E-state index is 12.5. The van der Waals surface area contributed by atoms with Crippen molar-refractivity contribution >= 4 is 22.5 Å². The molecular weight excluding hydrogens is 318 g/mol. The Balaban J connectivity index is 1.64. The number of hydrogen-bond donors (Lipinski definition) is 1. The van der Waals surface area contributed by atoms with Crippen LogP contribution >= 0.6 is 0 Å². The zero-order valence-electron chi connectivity index (χ0n) is 14.5. The smallest absolute Gasteiger partial charge is 0.248 e. The third-order valence-corrected chi connectivity index (χ3v) is 5.21. The molecule has 0 bridgehead atoms. The highest BCUT2D eigenvalue weighted by molar-refractivity contribution is 5.98. The molecule has 1 aromatic carbocycles. The third-order valence-electron chi connectivity index (χ3n) is 5.21. The van der Waals surface area contributed by atoms with Crippen molar-refractivity contribution in [1.82, 2.24) is 9.88 Å². The molecule has 1 aromatic heterocycles. The van der Waals surface area contributed by atoms with Crippen molar-refractivity contribution in [2.24, 2.45) is 0 Å². The second-order valence-electron chi connectivity index (χ2n) is 6.92. The van der Waals surface area contributed by atoms with Crippen molar-refractivity contribution in [2.45, 2.75) is 25.8 Å². The number of ether oxygens (including phenoxy) is 1. The Bertz CT molecular complexity index is 855. The van der Waals surface area contributed by atoms with E-state index < -0.39 is 0 Å². The van der Waals surface area contributed by atoms with E-state index in [9.17, 15) is 9.59 Å². The summed E-state index contributed by atoms with van der Waals surface area (Å²) in [7, 11) is 0. The lowest BCUT2D eigenvalue weighted by Crippen LogP contribution is -2.46. The van der Waals surface area contributed by atoms with Gasteiger partial charge in [-0.25, -0.2) is 0 Å². The van der Waals surface area contributed by atoms with Crippen molar-refractivity contribution in [3.8, 4) is 0 Å². The van der Waals surface area contributed by atoms with Crippen molar-refractivity contribution < 1.29 is 9.53 Å². The number of morpholine rings is 1. The van der Waals surface area contributed by atoms with E-state index in [1.165, 1.54) is 0 Å². The Labute approximate surface area is 146 Å². The first-order valence-corrected chi connectivity index (χ1v) is 8.88. The molecule has 2 aromatic rings. The summed E-state index contributed by atoms with van der Waals surface area (Å²) in [4.78, 5) is 31.3. The summed E-state index contributed by atoms with van der Waals surface area (Å²) in [6.07, 6.45) is 1.48. The number of pyridine rings is 1. The van der Waals surface area contributed by atoms with E-state index in [1.54, 1.807) is 6.07 Å². The predicted molar refractivity (Wildman–Crippen MR) is 97.1 cm³/mol. The molecule has 3 heterocycles. The van der Waals surface area contributed by atoms with Gasteiger partial charge in [-0.1, -0.05) is 0 Å². The first-order valence-electron chi connectivity index (χ1n) is 8.88. The summed E-state index contributed by atoms with van der Waals surface area (Å²) in [5, 5.41) is 0.988. The predicted octanol–water partition coefficient (Wildman–Crippen LogP) is 1.66. The topological polar surface area (TPSA) is 65.6 Å². The Morgan fingerprint density at radius 1 is 1.20 bits per heavy atom. The normalized spacial score (nSPS) is 22.0. The summed E-state index contributed by atoms with van der Waals surface area (Å²) >= 11 is 0. The van der Waals surface area contributed by atoms with Gasteiger partial charge in [0, 0.05) is 48.7 Å². The molecule has 0 saturated carbocycles. The molecule has 25 heavy (non-hydrogen) atoms. The highest BCUT2D eigenvalue weighted by atomic mass is 16.5. The van der Waals surface area contributed by atoms with E-state index in [1.807, 2.05) is 30.0 Å². The molecule has 1 amide bonds. The van der Waals surface area contributed by atoms with Crippen molar-refractivity contribution in [3.63, 3.8) is 0 Å². The monoisotopic (exact) mass is 341 g/mol. The number of rotatable bonds is 3. The number of aromatic nitrogens is 1. The minimum absolute atomic E-state index is 0.0970. The van der Waals surface area contributed by atoms with E-state index in [0.717, 1.165) is 61.4 Å². The van der Waals surface area contributed by atoms with E-state index in [-0.39, 0.29) is 17.5 Å². The molecule has 132 valence electrons. The number of carbonyl (C=O) groups excluding carboxylic acids is 1. The summed E-state index contributed by atoms with van der Waals surface area (Å²) in [5.41, 5.74) is 2.56. The average molecular weight is 341 g/mol. The molecule has 0 aliphatic carbocycles. The zero-order valence-corrected chi connectivity index (χ0v) is 14.5. The first kappa shape index (κ1) is 16.3. The van der Waals surface area contributed by atoms with E-state index >= 15 is 0 Å². The molecule has 0 radical (unpaired) electrons. The van der Waals surface area contributed by atoms with Crippen LogP contribution in [0.2, 0.25) is 0 Å². The molecule has 2 saturated heterocycles. The quantitative estimate of drug-likeness (QED) is 0.922. The number of carbonyl (C=O) groups is 1. The second-order valence-corrected chi connectivity index (χ2v) is 6.92. The SMILES string of the molecule is Cc1cc(=O)[nH]c2ccc(N3C(=O)CCC3CN3CCOCC3)cc12. The van der Waals surface area contributed by atoms with Gasteiger partial charge < -0.3 is 14.6 Å². The van der Waals surface area contributed by atoms with Gasteiger partial charge in [0.25, 0.3) is 0 Å². The molecular formula is C19H23N3O3. The highest BCUT2D eigenvalue weighted by Gasteiger charge is 2.33. The summed E-state index contributed by atoms with van der Waals surface area (Å²) in [6.45, 7) is 6.20. The zero-order chi connectivity index (χ0) is 17.4. The van der Waals surface area contributed by atoms with Gasteiger partial charge in [-0.15, -0.1) is 0 Å². The van der Waals surface area contributed by atoms with Crippen LogP contribution in [0.4, 0.5) is 5.69 Å².